The highest BCUT2D eigenvalue weighted by Gasteiger charge is 2.50. The van der Waals surface area contributed by atoms with Gasteiger partial charge in [-0.2, -0.15) is 0 Å². The molecule has 0 amide bonds. The Kier molecular flexibility index (Phi) is 8.50. The number of esters is 1. The van der Waals surface area contributed by atoms with Crippen LogP contribution in [-0.4, -0.2) is 42.4 Å². The summed E-state index contributed by atoms with van der Waals surface area (Å²) in [4.78, 5) is 27.7. The Bertz CT molecular complexity index is 678. The zero-order valence-electron chi connectivity index (χ0n) is 18.9. The first-order valence-corrected chi connectivity index (χ1v) is 12.1. The SMILES string of the molecule is CCN(CC)CC[C@H]1CC2(CCC(CCC(=O)C3=C/C=C\CC/C=C\3)CC2)C(=O)O1. The van der Waals surface area contributed by atoms with E-state index in [0.717, 1.165) is 83.0 Å². The van der Waals surface area contributed by atoms with E-state index in [4.69, 9.17) is 4.74 Å². The van der Waals surface area contributed by atoms with Crippen molar-refractivity contribution in [2.24, 2.45) is 11.3 Å². The van der Waals surface area contributed by atoms with Crippen molar-refractivity contribution in [3.05, 3.63) is 36.0 Å². The predicted octanol–water partition coefficient (Wildman–Crippen LogP) is 5.39. The molecule has 166 valence electrons. The Morgan fingerprint density at radius 3 is 2.60 bits per heavy atom. The number of nitrogens with zero attached hydrogens (tertiary/aromatic N) is 1. The summed E-state index contributed by atoms with van der Waals surface area (Å²) in [5.41, 5.74) is 0.581. The lowest BCUT2D eigenvalue weighted by molar-refractivity contribution is -0.150. The minimum atomic E-state index is -0.246. The molecule has 4 nitrogen and oxygen atoms in total. The topological polar surface area (TPSA) is 46.6 Å². The van der Waals surface area contributed by atoms with Gasteiger partial charge in [-0.3, -0.25) is 9.59 Å². The van der Waals surface area contributed by atoms with E-state index < -0.39 is 0 Å². The number of rotatable bonds is 9. The van der Waals surface area contributed by atoms with Gasteiger partial charge in [-0.15, -0.1) is 0 Å². The van der Waals surface area contributed by atoms with Gasteiger partial charge in [0.25, 0.3) is 0 Å². The van der Waals surface area contributed by atoms with Crippen molar-refractivity contribution in [1.29, 1.82) is 0 Å². The largest absolute Gasteiger partial charge is 0.462 e. The molecule has 1 heterocycles. The Morgan fingerprint density at radius 2 is 1.87 bits per heavy atom. The number of allylic oxidation sites excluding steroid dienone is 6. The molecule has 30 heavy (non-hydrogen) atoms. The molecule has 1 aliphatic heterocycles. The molecule has 0 unspecified atom stereocenters. The first-order chi connectivity index (χ1) is 14.6. The van der Waals surface area contributed by atoms with Crippen LogP contribution >= 0.6 is 0 Å². The Labute approximate surface area is 182 Å². The van der Waals surface area contributed by atoms with E-state index in [2.05, 4.69) is 30.9 Å². The summed E-state index contributed by atoms with van der Waals surface area (Å²) in [6, 6.07) is 0. The minimum absolute atomic E-state index is 0.0400. The van der Waals surface area contributed by atoms with Gasteiger partial charge in [0.15, 0.2) is 5.78 Å². The fourth-order valence-corrected chi connectivity index (χ4v) is 5.18. The van der Waals surface area contributed by atoms with Crippen molar-refractivity contribution in [3.8, 4) is 0 Å². The number of cyclic esters (lactones) is 1. The van der Waals surface area contributed by atoms with Crippen LogP contribution in [0.15, 0.2) is 36.0 Å². The average molecular weight is 414 g/mol. The molecule has 0 aromatic rings. The molecule has 2 aliphatic carbocycles. The maximum atomic E-state index is 12.7. The predicted molar refractivity (Wildman–Crippen MR) is 121 cm³/mol. The lowest BCUT2D eigenvalue weighted by Gasteiger charge is -2.34. The molecule has 1 saturated heterocycles. The van der Waals surface area contributed by atoms with E-state index in [9.17, 15) is 9.59 Å². The lowest BCUT2D eigenvalue weighted by Crippen LogP contribution is -2.32. The Hall–Kier alpha value is -1.68. The zero-order chi connectivity index (χ0) is 21.4. The second-order valence-corrected chi connectivity index (χ2v) is 9.26. The van der Waals surface area contributed by atoms with E-state index in [0.29, 0.717) is 12.3 Å². The molecule has 2 fully saturated rings. The number of carbonyl (C=O) groups excluding carboxylic acids is 2. The Balaban J connectivity index is 1.44. The van der Waals surface area contributed by atoms with Crippen LogP contribution in [-0.2, 0) is 14.3 Å². The van der Waals surface area contributed by atoms with Gasteiger partial charge >= 0.3 is 5.97 Å². The fraction of sp³-hybridized carbons (Fsp3) is 0.692. The standard InChI is InChI=1S/C26H39NO3/c1-3-27(4-2)19-16-23-20-26(25(29)30-23)17-14-21(15-18-26)12-13-24(28)22-10-8-6-5-7-9-11-22/h6,8-11,21,23H,3-5,7,12-20H2,1-2H3/b8-6-,11-9-,22-10+/t21?,23-,26?/m0/s1. The molecular weight excluding hydrogens is 374 g/mol. The smallest absolute Gasteiger partial charge is 0.312 e. The molecule has 0 aromatic carbocycles. The third-order valence-corrected chi connectivity index (χ3v) is 7.36. The van der Waals surface area contributed by atoms with Gasteiger partial charge in [-0.1, -0.05) is 44.2 Å². The average Bonchev–Trinajstić information content (AvgIpc) is 3.03. The van der Waals surface area contributed by atoms with Crippen molar-refractivity contribution >= 4 is 11.8 Å². The quantitative estimate of drug-likeness (QED) is 0.475. The van der Waals surface area contributed by atoms with Crippen molar-refractivity contribution in [2.45, 2.75) is 84.2 Å². The van der Waals surface area contributed by atoms with Crippen molar-refractivity contribution in [2.75, 3.05) is 19.6 Å². The van der Waals surface area contributed by atoms with Gasteiger partial charge < -0.3 is 9.64 Å². The van der Waals surface area contributed by atoms with Crippen molar-refractivity contribution < 1.29 is 14.3 Å². The van der Waals surface area contributed by atoms with E-state index in [1.54, 1.807) is 0 Å². The second kappa shape index (κ2) is 11.1. The van der Waals surface area contributed by atoms with Crippen LogP contribution in [0.3, 0.4) is 0 Å². The molecule has 1 saturated carbocycles. The normalized spacial score (nSPS) is 32.9. The van der Waals surface area contributed by atoms with Gasteiger partial charge in [0, 0.05) is 25.0 Å². The first-order valence-electron chi connectivity index (χ1n) is 12.1. The van der Waals surface area contributed by atoms with Gasteiger partial charge in [0.05, 0.1) is 5.41 Å². The summed E-state index contributed by atoms with van der Waals surface area (Å²) < 4.78 is 5.79. The van der Waals surface area contributed by atoms with Gasteiger partial charge in [0.1, 0.15) is 6.10 Å². The highest BCUT2D eigenvalue weighted by Crippen LogP contribution is 2.49. The molecule has 0 N–H and O–H groups in total. The van der Waals surface area contributed by atoms with Crippen molar-refractivity contribution in [1.82, 2.24) is 4.90 Å². The highest BCUT2D eigenvalue weighted by molar-refractivity contribution is 5.98. The molecule has 3 aliphatic rings. The zero-order valence-corrected chi connectivity index (χ0v) is 18.9. The summed E-state index contributed by atoms with van der Waals surface area (Å²) in [6.07, 6.45) is 19.6. The summed E-state index contributed by atoms with van der Waals surface area (Å²) in [5, 5.41) is 0. The van der Waals surface area contributed by atoms with Crippen LogP contribution < -0.4 is 0 Å². The molecule has 4 heteroatoms. The van der Waals surface area contributed by atoms with E-state index in [1.807, 2.05) is 18.2 Å². The van der Waals surface area contributed by atoms with Gasteiger partial charge in [0.2, 0.25) is 0 Å². The van der Waals surface area contributed by atoms with Gasteiger partial charge in [-0.25, -0.2) is 0 Å². The molecule has 1 spiro atoms. The molecule has 0 bridgehead atoms. The summed E-state index contributed by atoms with van der Waals surface area (Å²) in [6.45, 7) is 7.46. The summed E-state index contributed by atoms with van der Waals surface area (Å²) >= 11 is 0. The maximum absolute atomic E-state index is 12.7. The number of Topliss-reactive ketones (excluding diaryl/α,β-unsaturated/α-hetero) is 1. The Morgan fingerprint density at radius 1 is 1.13 bits per heavy atom. The summed E-state index contributed by atoms with van der Waals surface area (Å²) in [5.74, 6) is 0.837. The first kappa shape index (κ1) is 23.0. The summed E-state index contributed by atoms with van der Waals surface area (Å²) in [7, 11) is 0. The minimum Gasteiger partial charge on any atom is -0.462 e. The highest BCUT2D eigenvalue weighted by atomic mass is 16.6. The lowest BCUT2D eigenvalue weighted by atomic mass is 9.68. The fourth-order valence-electron chi connectivity index (χ4n) is 5.18. The van der Waals surface area contributed by atoms with Crippen LogP contribution in [0.5, 0.6) is 0 Å². The third kappa shape index (κ3) is 5.94. The third-order valence-electron chi connectivity index (χ3n) is 7.36. The van der Waals surface area contributed by atoms with Crippen LogP contribution in [0.1, 0.15) is 78.1 Å². The van der Waals surface area contributed by atoms with E-state index in [-0.39, 0.29) is 23.3 Å². The number of hydrogen-bond acceptors (Lipinski definition) is 4. The molecule has 3 rings (SSSR count). The van der Waals surface area contributed by atoms with Crippen LogP contribution in [0.25, 0.3) is 0 Å². The van der Waals surface area contributed by atoms with E-state index in [1.165, 1.54) is 0 Å². The molecular formula is C26H39NO3. The van der Waals surface area contributed by atoms with Crippen LogP contribution in [0.4, 0.5) is 0 Å². The number of ether oxygens (including phenoxy) is 1. The van der Waals surface area contributed by atoms with Gasteiger partial charge in [-0.05, 0) is 70.4 Å². The van der Waals surface area contributed by atoms with Crippen molar-refractivity contribution in [3.63, 3.8) is 0 Å². The molecule has 1 atom stereocenters. The number of carbonyl (C=O) groups is 2. The second-order valence-electron chi connectivity index (χ2n) is 9.26. The van der Waals surface area contributed by atoms with Crippen LogP contribution in [0, 0.1) is 11.3 Å². The van der Waals surface area contributed by atoms with E-state index >= 15 is 0 Å². The number of ketones is 1. The van der Waals surface area contributed by atoms with Crippen LogP contribution in [0.2, 0.25) is 0 Å². The number of hydrogen-bond donors (Lipinski definition) is 0. The monoisotopic (exact) mass is 413 g/mol. The maximum Gasteiger partial charge on any atom is 0.312 e. The molecule has 0 radical (unpaired) electrons. The molecule has 0 aromatic heterocycles.